The number of aromatic nitrogens is 2. The van der Waals surface area contributed by atoms with Crippen LogP contribution in [0.2, 0.25) is 0 Å². The van der Waals surface area contributed by atoms with Crippen molar-refractivity contribution in [2.24, 2.45) is 0 Å². The molecule has 2 heterocycles. The number of esters is 1. The number of nitrogens with one attached hydrogen (secondary N) is 2. The van der Waals surface area contributed by atoms with Crippen molar-refractivity contribution in [3.05, 3.63) is 30.2 Å². The Labute approximate surface area is 115 Å². The number of imidazole rings is 1. The molecule has 1 atom stereocenters. The summed E-state index contributed by atoms with van der Waals surface area (Å²) in [4.78, 5) is 30.3. The average molecular weight is 281 g/mol. The third-order valence-corrected chi connectivity index (χ3v) is 2.64. The molecule has 0 saturated carbocycles. The largest absolute Gasteiger partial charge is 0.494 e. The van der Waals surface area contributed by atoms with Gasteiger partial charge in [0, 0.05) is 18.3 Å². The van der Waals surface area contributed by atoms with E-state index < -0.39 is 17.9 Å². The lowest BCUT2D eigenvalue weighted by molar-refractivity contribution is -0.145. The molecule has 1 aromatic heterocycles. The van der Waals surface area contributed by atoms with Crippen LogP contribution in [-0.2, 0) is 30.2 Å². The number of nitrogens with zero attached hydrogens (tertiary/aromatic N) is 1. The average Bonchev–Trinajstić information content (AvgIpc) is 2.99. The second-order valence-electron chi connectivity index (χ2n) is 4.03. The second-order valence-corrected chi connectivity index (χ2v) is 4.03. The topological polar surface area (TPSA) is 103 Å². The quantitative estimate of drug-likeness (QED) is 0.705. The smallest absolute Gasteiger partial charge is 0.328 e. The Kier molecular flexibility index (Phi) is 4.59. The van der Waals surface area contributed by atoms with E-state index in [0.717, 1.165) is 0 Å². The van der Waals surface area contributed by atoms with Gasteiger partial charge in [0.05, 0.1) is 13.4 Å². The fourth-order valence-corrected chi connectivity index (χ4v) is 1.67. The van der Waals surface area contributed by atoms with Crippen LogP contribution in [0, 0.1) is 0 Å². The van der Waals surface area contributed by atoms with E-state index in [-0.39, 0.29) is 12.2 Å². The fraction of sp³-hybridized carbons (Fsp3) is 0.417. The van der Waals surface area contributed by atoms with Gasteiger partial charge in [-0.2, -0.15) is 0 Å². The zero-order valence-corrected chi connectivity index (χ0v) is 10.9. The number of H-pyrrole nitrogens is 1. The first-order valence-electron chi connectivity index (χ1n) is 6.01. The molecule has 1 amide bonds. The Balaban J connectivity index is 2.01. The molecule has 20 heavy (non-hydrogen) atoms. The van der Waals surface area contributed by atoms with Gasteiger partial charge in [-0.15, -0.1) is 0 Å². The van der Waals surface area contributed by atoms with E-state index in [4.69, 9.17) is 9.47 Å². The minimum atomic E-state index is -0.834. The molecule has 108 valence electrons. The lowest BCUT2D eigenvalue weighted by Gasteiger charge is -2.19. The Morgan fingerprint density at radius 2 is 2.40 bits per heavy atom. The van der Waals surface area contributed by atoms with E-state index in [1.54, 1.807) is 6.20 Å². The van der Waals surface area contributed by atoms with Crippen LogP contribution in [0.15, 0.2) is 24.5 Å². The third-order valence-electron chi connectivity index (χ3n) is 2.64. The van der Waals surface area contributed by atoms with Gasteiger partial charge in [-0.1, -0.05) is 0 Å². The van der Waals surface area contributed by atoms with Gasteiger partial charge < -0.3 is 24.5 Å². The standard InChI is InChI=1S/C12H15N3O5/c1-18-12(17)9(4-8-5-13-7-14-8)15-11(16)10-6-19-2-3-20-10/h5-7,9H,2-4H2,1H3,(H,13,14)(H,15,16)/t9-/m0/s1. The zero-order valence-electron chi connectivity index (χ0n) is 10.9. The normalized spacial score (nSPS) is 15.3. The molecule has 1 aromatic rings. The predicted molar refractivity (Wildman–Crippen MR) is 66.2 cm³/mol. The lowest BCUT2D eigenvalue weighted by Crippen LogP contribution is -2.44. The minimum Gasteiger partial charge on any atom is -0.494 e. The molecular weight excluding hydrogens is 266 g/mol. The maximum absolute atomic E-state index is 11.9. The van der Waals surface area contributed by atoms with Crippen LogP contribution in [0.3, 0.4) is 0 Å². The van der Waals surface area contributed by atoms with Crippen LogP contribution < -0.4 is 5.32 Å². The molecule has 2 N–H and O–H groups in total. The summed E-state index contributed by atoms with van der Waals surface area (Å²) in [7, 11) is 1.26. The minimum absolute atomic E-state index is 0.0368. The number of carbonyl (C=O) groups is 2. The van der Waals surface area contributed by atoms with Gasteiger partial charge in [0.25, 0.3) is 5.91 Å². The summed E-state index contributed by atoms with van der Waals surface area (Å²) >= 11 is 0. The van der Waals surface area contributed by atoms with Crippen LogP contribution in [0.4, 0.5) is 0 Å². The number of amides is 1. The molecule has 0 aromatic carbocycles. The van der Waals surface area contributed by atoms with E-state index in [1.807, 2.05) is 0 Å². The molecule has 2 rings (SSSR count). The highest BCUT2D eigenvalue weighted by Gasteiger charge is 2.25. The SMILES string of the molecule is COC(=O)[C@H](Cc1cnc[nH]1)NC(=O)C1=COCCO1. The first-order chi connectivity index (χ1) is 9.70. The zero-order chi connectivity index (χ0) is 14.4. The van der Waals surface area contributed by atoms with Crippen molar-refractivity contribution < 1.29 is 23.8 Å². The summed E-state index contributed by atoms with van der Waals surface area (Å²) in [5.41, 5.74) is 0.704. The molecule has 0 unspecified atom stereocenters. The van der Waals surface area contributed by atoms with Crippen LogP contribution in [0.1, 0.15) is 5.69 Å². The monoisotopic (exact) mass is 281 g/mol. The van der Waals surface area contributed by atoms with Gasteiger partial charge in [-0.25, -0.2) is 9.78 Å². The molecular formula is C12H15N3O5. The molecule has 1 aliphatic rings. The number of methoxy groups -OCH3 is 1. The fourth-order valence-electron chi connectivity index (χ4n) is 1.67. The van der Waals surface area contributed by atoms with Crippen molar-refractivity contribution in [3.63, 3.8) is 0 Å². The molecule has 0 radical (unpaired) electrons. The first-order valence-corrected chi connectivity index (χ1v) is 6.01. The van der Waals surface area contributed by atoms with Gasteiger partial charge in [0.2, 0.25) is 5.76 Å². The van der Waals surface area contributed by atoms with E-state index in [1.165, 1.54) is 19.7 Å². The van der Waals surface area contributed by atoms with Crippen LogP contribution >= 0.6 is 0 Å². The first kappa shape index (κ1) is 13.9. The van der Waals surface area contributed by atoms with E-state index in [9.17, 15) is 9.59 Å². The summed E-state index contributed by atoms with van der Waals surface area (Å²) in [5.74, 6) is -1.04. The Hall–Kier alpha value is -2.51. The highest BCUT2D eigenvalue weighted by atomic mass is 16.6. The van der Waals surface area contributed by atoms with Gasteiger partial charge >= 0.3 is 5.97 Å². The Bertz CT molecular complexity index is 497. The second kappa shape index (κ2) is 6.60. The summed E-state index contributed by atoms with van der Waals surface area (Å²) in [6.07, 6.45) is 4.53. The van der Waals surface area contributed by atoms with Crippen LogP contribution in [-0.4, -0.2) is 48.2 Å². The Morgan fingerprint density at radius 3 is 3.00 bits per heavy atom. The maximum Gasteiger partial charge on any atom is 0.328 e. The molecule has 0 saturated heterocycles. The molecule has 0 spiro atoms. The third kappa shape index (κ3) is 3.50. The van der Waals surface area contributed by atoms with Crippen molar-refractivity contribution in [2.45, 2.75) is 12.5 Å². The van der Waals surface area contributed by atoms with Crippen LogP contribution in [0.25, 0.3) is 0 Å². The van der Waals surface area contributed by atoms with Crippen LogP contribution in [0.5, 0.6) is 0 Å². The number of ether oxygens (including phenoxy) is 3. The van der Waals surface area contributed by atoms with Crippen molar-refractivity contribution in [1.29, 1.82) is 0 Å². The van der Waals surface area contributed by atoms with Crippen molar-refractivity contribution in [3.8, 4) is 0 Å². The highest BCUT2D eigenvalue weighted by Crippen LogP contribution is 2.06. The van der Waals surface area contributed by atoms with Crippen molar-refractivity contribution in [1.82, 2.24) is 15.3 Å². The lowest BCUT2D eigenvalue weighted by atomic mass is 10.1. The summed E-state index contributed by atoms with van der Waals surface area (Å²) in [6, 6.07) is -0.834. The van der Waals surface area contributed by atoms with Gasteiger partial charge in [0.15, 0.2) is 0 Å². The van der Waals surface area contributed by atoms with Gasteiger partial charge in [0.1, 0.15) is 25.5 Å². The molecule has 0 aliphatic carbocycles. The Morgan fingerprint density at radius 1 is 1.55 bits per heavy atom. The predicted octanol–water partition coefficient (Wildman–Crippen LogP) is -0.502. The molecule has 0 bridgehead atoms. The molecule has 1 aliphatic heterocycles. The van der Waals surface area contributed by atoms with Gasteiger partial charge in [-0.05, 0) is 0 Å². The number of hydrogen-bond donors (Lipinski definition) is 2. The summed E-state index contributed by atoms with van der Waals surface area (Å²) in [5, 5.41) is 2.54. The molecule has 8 heteroatoms. The number of carbonyl (C=O) groups excluding carboxylic acids is 2. The summed E-state index contributed by atoms with van der Waals surface area (Å²) < 4.78 is 14.8. The summed E-state index contributed by atoms with van der Waals surface area (Å²) in [6.45, 7) is 0.689. The highest BCUT2D eigenvalue weighted by molar-refractivity contribution is 5.94. The van der Waals surface area contributed by atoms with Crippen molar-refractivity contribution >= 4 is 11.9 Å². The van der Waals surface area contributed by atoms with E-state index in [2.05, 4.69) is 20.0 Å². The number of aromatic amines is 1. The molecule has 0 fully saturated rings. The van der Waals surface area contributed by atoms with E-state index >= 15 is 0 Å². The molecule has 8 nitrogen and oxygen atoms in total. The van der Waals surface area contributed by atoms with E-state index in [0.29, 0.717) is 18.9 Å². The van der Waals surface area contributed by atoms with Gasteiger partial charge in [-0.3, -0.25) is 4.79 Å². The van der Waals surface area contributed by atoms with Crippen molar-refractivity contribution in [2.75, 3.05) is 20.3 Å². The maximum atomic E-state index is 11.9. The number of rotatable bonds is 5. The number of hydrogen-bond acceptors (Lipinski definition) is 6.